The average molecular weight is 252 g/mol. The highest BCUT2D eigenvalue weighted by molar-refractivity contribution is 5.89. The normalized spacial score (nSPS) is 28.6. The summed E-state index contributed by atoms with van der Waals surface area (Å²) in [5.74, 6) is 1.58. The Labute approximate surface area is 111 Å². The lowest BCUT2D eigenvalue weighted by atomic mass is 9.95. The number of rotatable bonds is 4. The van der Waals surface area contributed by atoms with E-state index in [0.29, 0.717) is 17.7 Å². The van der Waals surface area contributed by atoms with Crippen LogP contribution in [0.15, 0.2) is 0 Å². The molecule has 0 aromatic heterocycles. The summed E-state index contributed by atoms with van der Waals surface area (Å²) >= 11 is 0. The van der Waals surface area contributed by atoms with Gasteiger partial charge < -0.3 is 4.90 Å². The van der Waals surface area contributed by atoms with Crippen LogP contribution in [-0.4, -0.2) is 29.1 Å². The van der Waals surface area contributed by atoms with Crippen molar-refractivity contribution in [3.63, 3.8) is 0 Å². The molecule has 18 heavy (non-hydrogen) atoms. The fourth-order valence-electron chi connectivity index (χ4n) is 3.27. The van der Waals surface area contributed by atoms with Gasteiger partial charge in [0.1, 0.15) is 0 Å². The van der Waals surface area contributed by atoms with E-state index in [4.69, 9.17) is 0 Å². The maximum atomic E-state index is 12.7. The number of hydrogen-bond donors (Lipinski definition) is 1. The van der Waals surface area contributed by atoms with Crippen LogP contribution in [0.3, 0.4) is 0 Å². The smallest absolute Gasteiger partial charge is 0.244 e. The molecule has 1 N–H and O–H groups in total. The molecule has 2 rings (SSSR count). The fraction of sp³-hybridized carbons (Fsp3) is 0.933. The number of amides is 1. The van der Waals surface area contributed by atoms with Gasteiger partial charge in [0.2, 0.25) is 5.91 Å². The topological polar surface area (TPSA) is 32.3 Å². The third-order valence-corrected chi connectivity index (χ3v) is 4.96. The Morgan fingerprint density at radius 2 is 1.94 bits per heavy atom. The molecular weight excluding hydrogens is 224 g/mol. The van der Waals surface area contributed by atoms with E-state index < -0.39 is 0 Å². The van der Waals surface area contributed by atoms with E-state index in [1.54, 1.807) is 0 Å². The van der Waals surface area contributed by atoms with Crippen molar-refractivity contribution in [3.05, 3.63) is 0 Å². The van der Waals surface area contributed by atoms with E-state index in [1.165, 1.54) is 12.8 Å². The highest BCUT2D eigenvalue weighted by Gasteiger charge is 2.51. The predicted molar refractivity (Wildman–Crippen MR) is 74.1 cm³/mol. The summed E-state index contributed by atoms with van der Waals surface area (Å²) in [6, 6.07) is 0. The van der Waals surface area contributed by atoms with Crippen LogP contribution in [0, 0.1) is 11.8 Å². The molecule has 1 amide bonds. The quantitative estimate of drug-likeness (QED) is 0.834. The zero-order valence-corrected chi connectivity index (χ0v) is 12.3. The molecule has 3 heteroatoms. The van der Waals surface area contributed by atoms with E-state index in [1.807, 2.05) is 0 Å². The number of hydrogen-bond acceptors (Lipinski definition) is 2. The molecule has 1 heterocycles. The van der Waals surface area contributed by atoms with Gasteiger partial charge in [-0.1, -0.05) is 40.5 Å². The molecule has 1 aliphatic carbocycles. The molecule has 2 unspecified atom stereocenters. The number of carbonyl (C=O) groups excluding carboxylic acids is 1. The highest BCUT2D eigenvalue weighted by atomic mass is 16.2. The highest BCUT2D eigenvalue weighted by Crippen LogP contribution is 2.37. The van der Waals surface area contributed by atoms with Gasteiger partial charge in [0.05, 0.1) is 11.7 Å². The number of nitrogens with zero attached hydrogens (tertiary/aromatic N) is 1. The minimum Gasteiger partial charge on any atom is -0.325 e. The van der Waals surface area contributed by atoms with Crippen LogP contribution < -0.4 is 5.32 Å². The monoisotopic (exact) mass is 252 g/mol. The molecule has 2 aliphatic rings. The molecule has 0 radical (unpaired) electrons. The summed E-state index contributed by atoms with van der Waals surface area (Å²) in [5, 5.41) is 3.64. The van der Waals surface area contributed by atoms with Crippen molar-refractivity contribution in [1.29, 1.82) is 0 Å². The van der Waals surface area contributed by atoms with Gasteiger partial charge in [-0.05, 0) is 31.1 Å². The van der Waals surface area contributed by atoms with Crippen LogP contribution in [0.1, 0.15) is 59.8 Å². The SMILES string of the molecule is CCC1NC2(CCCC2)C(=O)N1CC(C)C(C)C. The lowest BCUT2D eigenvalue weighted by molar-refractivity contribution is -0.133. The van der Waals surface area contributed by atoms with Gasteiger partial charge in [0.15, 0.2) is 0 Å². The Bertz CT molecular complexity index is 308. The van der Waals surface area contributed by atoms with Gasteiger partial charge in [-0.15, -0.1) is 0 Å². The van der Waals surface area contributed by atoms with Crippen LogP contribution in [0.4, 0.5) is 0 Å². The Balaban J connectivity index is 2.10. The van der Waals surface area contributed by atoms with Crippen LogP contribution in [-0.2, 0) is 4.79 Å². The van der Waals surface area contributed by atoms with E-state index in [9.17, 15) is 4.79 Å². The van der Waals surface area contributed by atoms with Crippen LogP contribution in [0.25, 0.3) is 0 Å². The maximum absolute atomic E-state index is 12.7. The van der Waals surface area contributed by atoms with Gasteiger partial charge in [-0.25, -0.2) is 0 Å². The fourth-order valence-corrected chi connectivity index (χ4v) is 3.27. The molecule has 2 atom stereocenters. The van der Waals surface area contributed by atoms with Gasteiger partial charge in [0, 0.05) is 6.54 Å². The number of nitrogens with one attached hydrogen (secondary N) is 1. The van der Waals surface area contributed by atoms with Crippen molar-refractivity contribution in [1.82, 2.24) is 10.2 Å². The Kier molecular flexibility index (Phi) is 4.00. The van der Waals surface area contributed by atoms with Crippen LogP contribution in [0.5, 0.6) is 0 Å². The van der Waals surface area contributed by atoms with Crippen molar-refractivity contribution < 1.29 is 4.79 Å². The molecule has 0 bridgehead atoms. The molecule has 1 saturated carbocycles. The Morgan fingerprint density at radius 3 is 2.44 bits per heavy atom. The van der Waals surface area contributed by atoms with Crippen molar-refractivity contribution in [3.8, 4) is 0 Å². The summed E-state index contributed by atoms with van der Waals surface area (Å²) in [6.45, 7) is 9.82. The molecule has 2 fully saturated rings. The summed E-state index contributed by atoms with van der Waals surface area (Å²) in [6.07, 6.45) is 5.74. The Hall–Kier alpha value is -0.570. The molecule has 0 aromatic carbocycles. The van der Waals surface area contributed by atoms with Gasteiger partial charge in [0.25, 0.3) is 0 Å². The minimum absolute atomic E-state index is 0.197. The molecule has 104 valence electrons. The van der Waals surface area contributed by atoms with Gasteiger partial charge in [-0.3, -0.25) is 10.1 Å². The van der Waals surface area contributed by atoms with Crippen molar-refractivity contribution in [2.24, 2.45) is 11.8 Å². The molecular formula is C15H28N2O. The standard InChI is InChI=1S/C15H28N2O/c1-5-13-16-15(8-6-7-9-15)14(18)17(13)10-12(4)11(2)3/h11-13,16H,5-10H2,1-4H3. The summed E-state index contributed by atoms with van der Waals surface area (Å²) in [7, 11) is 0. The third kappa shape index (κ3) is 2.29. The molecule has 1 aliphatic heterocycles. The van der Waals surface area contributed by atoms with E-state index >= 15 is 0 Å². The second-order valence-electron chi connectivity index (χ2n) is 6.54. The molecule has 1 saturated heterocycles. The molecule has 0 aromatic rings. The first kappa shape index (κ1) is 13.9. The third-order valence-electron chi connectivity index (χ3n) is 4.96. The minimum atomic E-state index is -0.197. The maximum Gasteiger partial charge on any atom is 0.244 e. The predicted octanol–water partition coefficient (Wildman–Crippen LogP) is 2.76. The molecule has 3 nitrogen and oxygen atoms in total. The van der Waals surface area contributed by atoms with E-state index in [2.05, 4.69) is 37.9 Å². The number of carbonyl (C=O) groups is 1. The second-order valence-corrected chi connectivity index (χ2v) is 6.54. The summed E-state index contributed by atoms with van der Waals surface area (Å²) in [5.41, 5.74) is -0.197. The summed E-state index contributed by atoms with van der Waals surface area (Å²) < 4.78 is 0. The first-order chi connectivity index (χ1) is 8.50. The summed E-state index contributed by atoms with van der Waals surface area (Å²) in [4.78, 5) is 14.8. The lowest BCUT2D eigenvalue weighted by Crippen LogP contribution is -2.44. The van der Waals surface area contributed by atoms with Crippen molar-refractivity contribution in [2.75, 3.05) is 6.54 Å². The lowest BCUT2D eigenvalue weighted by Gasteiger charge is -2.28. The zero-order valence-electron chi connectivity index (χ0n) is 12.3. The molecule has 1 spiro atoms. The van der Waals surface area contributed by atoms with Gasteiger partial charge in [-0.2, -0.15) is 0 Å². The first-order valence-electron chi connectivity index (χ1n) is 7.59. The zero-order chi connectivity index (χ0) is 13.3. The Morgan fingerprint density at radius 1 is 1.33 bits per heavy atom. The first-order valence-corrected chi connectivity index (χ1v) is 7.59. The van der Waals surface area contributed by atoms with Crippen molar-refractivity contribution >= 4 is 5.91 Å². The van der Waals surface area contributed by atoms with Crippen LogP contribution in [0.2, 0.25) is 0 Å². The van der Waals surface area contributed by atoms with E-state index in [-0.39, 0.29) is 11.7 Å². The second kappa shape index (κ2) is 5.20. The largest absolute Gasteiger partial charge is 0.325 e. The average Bonchev–Trinajstić information content (AvgIpc) is 2.90. The van der Waals surface area contributed by atoms with Crippen LogP contribution >= 0.6 is 0 Å². The van der Waals surface area contributed by atoms with E-state index in [0.717, 1.165) is 25.8 Å². The van der Waals surface area contributed by atoms with Gasteiger partial charge >= 0.3 is 0 Å². The van der Waals surface area contributed by atoms with Crippen molar-refractivity contribution in [2.45, 2.75) is 71.5 Å².